The van der Waals surface area contributed by atoms with E-state index in [0.29, 0.717) is 26.1 Å². The van der Waals surface area contributed by atoms with Crippen LogP contribution >= 0.6 is 0 Å². The van der Waals surface area contributed by atoms with Gasteiger partial charge in [0.25, 0.3) is 5.91 Å². The summed E-state index contributed by atoms with van der Waals surface area (Å²) in [5.41, 5.74) is 1.55. The van der Waals surface area contributed by atoms with Crippen molar-refractivity contribution in [1.29, 1.82) is 0 Å². The van der Waals surface area contributed by atoms with Crippen molar-refractivity contribution in [1.82, 2.24) is 4.90 Å². The number of aliphatic hydroxyl groups excluding tert-OH is 1. The number of para-hydroxylation sites is 1. The molecule has 248 valence electrons. The lowest BCUT2D eigenvalue weighted by Crippen LogP contribution is -2.46. The van der Waals surface area contributed by atoms with E-state index in [9.17, 15) is 24.6 Å². The van der Waals surface area contributed by atoms with E-state index in [4.69, 9.17) is 4.74 Å². The van der Waals surface area contributed by atoms with Crippen molar-refractivity contribution in [3.8, 4) is 0 Å². The van der Waals surface area contributed by atoms with Gasteiger partial charge in [-0.05, 0) is 56.0 Å². The number of carbonyl (C=O) groups is 3. The highest BCUT2D eigenvalue weighted by molar-refractivity contribution is 6.07. The maximum atomic E-state index is 14.7. The lowest BCUT2D eigenvalue weighted by molar-refractivity contribution is -0.150. The van der Waals surface area contributed by atoms with Crippen molar-refractivity contribution < 1.29 is 29.3 Å². The summed E-state index contributed by atoms with van der Waals surface area (Å²) in [5.74, 6) is -1.28. The summed E-state index contributed by atoms with van der Waals surface area (Å²) < 4.78 is 6.82. The molecule has 0 aromatic heterocycles. The van der Waals surface area contributed by atoms with Gasteiger partial charge in [-0.2, -0.15) is 0 Å². The molecule has 0 bridgehead atoms. The quantitative estimate of drug-likeness (QED) is 0.331. The predicted molar refractivity (Wildman–Crippen MR) is 179 cm³/mol. The zero-order chi connectivity index (χ0) is 33.3. The molecule has 3 aromatic rings. The van der Waals surface area contributed by atoms with Crippen molar-refractivity contribution in [3.05, 3.63) is 95.6 Å². The number of carbonyl (C=O) groups excluding carboxylic acids is 3. The van der Waals surface area contributed by atoms with Gasteiger partial charge in [0.2, 0.25) is 11.8 Å². The fourth-order valence-electron chi connectivity index (χ4n) is 7.95. The van der Waals surface area contributed by atoms with Crippen LogP contribution in [0.2, 0.25) is 0 Å². The third-order valence-corrected chi connectivity index (χ3v) is 10.1. The number of hydrogen-bond donors (Lipinski definition) is 2. The zero-order valence-electron chi connectivity index (χ0n) is 27.5. The fraction of sp³-hybridized carbons (Fsp3) is 0.447. The summed E-state index contributed by atoms with van der Waals surface area (Å²) in [6, 6.07) is 25.0. The minimum atomic E-state index is -1.38. The van der Waals surface area contributed by atoms with Crippen LogP contribution in [-0.4, -0.2) is 64.2 Å². The first kappa shape index (κ1) is 32.9. The summed E-state index contributed by atoms with van der Waals surface area (Å²) in [5, 5.41) is 21.3. The van der Waals surface area contributed by atoms with Crippen molar-refractivity contribution in [2.75, 3.05) is 29.5 Å². The van der Waals surface area contributed by atoms with E-state index in [1.807, 2.05) is 90.7 Å². The molecule has 0 aliphatic carbocycles. The van der Waals surface area contributed by atoms with Gasteiger partial charge in [-0.25, -0.2) is 0 Å². The van der Waals surface area contributed by atoms with Crippen molar-refractivity contribution in [2.45, 2.75) is 76.9 Å². The Kier molecular flexibility index (Phi) is 9.25. The van der Waals surface area contributed by atoms with Crippen LogP contribution in [0.15, 0.2) is 78.9 Å². The second kappa shape index (κ2) is 13.2. The molecule has 4 atom stereocenters. The van der Waals surface area contributed by atoms with E-state index >= 15 is 0 Å². The molecule has 3 aliphatic heterocycles. The SMILES string of the molecule is C[C@H]1[C@H](C(C)(C)O)[C@@H](CC(=O)N(CCO)Cc2ccccc2)O[C@]12C(=O)N(Cc1ccc(N3CCCCC3=O)cc1)c1ccccc12. The topological polar surface area (TPSA) is 111 Å². The van der Waals surface area contributed by atoms with E-state index in [-0.39, 0.29) is 37.3 Å². The van der Waals surface area contributed by atoms with Gasteiger partial charge >= 0.3 is 0 Å². The smallest absolute Gasteiger partial charge is 0.264 e. The Morgan fingerprint density at radius 2 is 1.68 bits per heavy atom. The predicted octanol–water partition coefficient (Wildman–Crippen LogP) is 4.78. The zero-order valence-corrected chi connectivity index (χ0v) is 27.5. The molecule has 3 aromatic carbocycles. The van der Waals surface area contributed by atoms with Gasteiger partial charge in [0.05, 0.1) is 37.0 Å². The Labute approximate surface area is 276 Å². The van der Waals surface area contributed by atoms with Crippen LogP contribution in [0, 0.1) is 11.8 Å². The molecular weight excluding hydrogens is 594 g/mol. The van der Waals surface area contributed by atoms with E-state index < -0.39 is 29.1 Å². The standard InChI is InChI=1S/C38H45N3O6/c1-26-35(37(2,3)46)32(23-34(44)39(21-22-42)24-27-11-5-4-6-12-27)47-38(26)30-13-7-8-14-31(30)41(36(38)45)25-28-16-18-29(19-17-28)40-20-10-9-15-33(40)43/h4-8,11-14,16-19,26,32,35,42,46H,9-10,15,20-25H2,1-3H3/t26-,32+,35-,38+/m0/s1. The Bertz CT molecular complexity index is 1600. The Morgan fingerprint density at radius 3 is 2.36 bits per heavy atom. The molecule has 6 rings (SSSR count). The lowest BCUT2D eigenvalue weighted by atomic mass is 9.71. The maximum Gasteiger partial charge on any atom is 0.264 e. The highest BCUT2D eigenvalue weighted by Gasteiger charge is 2.66. The molecule has 3 heterocycles. The largest absolute Gasteiger partial charge is 0.395 e. The first-order valence-corrected chi connectivity index (χ1v) is 16.7. The summed E-state index contributed by atoms with van der Waals surface area (Å²) in [4.78, 5) is 46.1. The second-order valence-electron chi connectivity index (χ2n) is 13.7. The molecule has 9 nitrogen and oxygen atoms in total. The first-order chi connectivity index (χ1) is 22.5. The lowest BCUT2D eigenvalue weighted by Gasteiger charge is -2.34. The first-order valence-electron chi connectivity index (χ1n) is 16.7. The Morgan fingerprint density at radius 1 is 0.979 bits per heavy atom. The molecule has 1 spiro atoms. The van der Waals surface area contributed by atoms with E-state index in [1.165, 1.54) is 0 Å². The summed E-state index contributed by atoms with van der Waals surface area (Å²) in [7, 11) is 0. The number of nitrogens with zero attached hydrogens (tertiary/aromatic N) is 3. The summed E-state index contributed by atoms with van der Waals surface area (Å²) in [6.45, 7) is 6.68. The van der Waals surface area contributed by atoms with Crippen LogP contribution in [0.25, 0.3) is 0 Å². The van der Waals surface area contributed by atoms with Crippen LogP contribution in [0.4, 0.5) is 11.4 Å². The van der Waals surface area contributed by atoms with E-state index in [0.717, 1.165) is 40.9 Å². The molecule has 2 N–H and O–H groups in total. The number of amides is 3. The summed E-state index contributed by atoms with van der Waals surface area (Å²) >= 11 is 0. The van der Waals surface area contributed by atoms with Crippen LogP contribution in [0.3, 0.4) is 0 Å². The van der Waals surface area contributed by atoms with Crippen LogP contribution in [0.5, 0.6) is 0 Å². The number of hydrogen-bond acceptors (Lipinski definition) is 6. The van der Waals surface area contributed by atoms with Gasteiger partial charge in [-0.3, -0.25) is 14.4 Å². The number of benzene rings is 3. The van der Waals surface area contributed by atoms with Crippen LogP contribution in [0.1, 0.15) is 63.1 Å². The van der Waals surface area contributed by atoms with Gasteiger partial charge < -0.3 is 29.6 Å². The Hall–Kier alpha value is -4.05. The van der Waals surface area contributed by atoms with Gasteiger partial charge in [0, 0.05) is 49.1 Å². The number of rotatable bonds is 10. The monoisotopic (exact) mass is 639 g/mol. The second-order valence-corrected chi connectivity index (χ2v) is 13.7. The van der Waals surface area contributed by atoms with Gasteiger partial charge in [0.15, 0.2) is 5.60 Å². The normalized spacial score (nSPS) is 24.2. The minimum absolute atomic E-state index is 0.0420. The third kappa shape index (κ3) is 6.20. The van der Waals surface area contributed by atoms with Crippen LogP contribution in [-0.2, 0) is 37.8 Å². The highest BCUT2D eigenvalue weighted by atomic mass is 16.5. The highest BCUT2D eigenvalue weighted by Crippen LogP contribution is 2.58. The molecule has 9 heteroatoms. The van der Waals surface area contributed by atoms with Crippen molar-refractivity contribution >= 4 is 29.1 Å². The number of ether oxygens (including phenoxy) is 1. The molecule has 0 saturated carbocycles. The number of aliphatic hydroxyl groups is 2. The number of fused-ring (bicyclic) bond motifs is 2. The van der Waals surface area contributed by atoms with Crippen molar-refractivity contribution in [2.24, 2.45) is 11.8 Å². The molecule has 2 fully saturated rings. The molecule has 47 heavy (non-hydrogen) atoms. The maximum absolute atomic E-state index is 14.7. The van der Waals surface area contributed by atoms with Gasteiger partial charge in [-0.1, -0.05) is 67.6 Å². The number of anilines is 2. The molecule has 2 saturated heterocycles. The Balaban J connectivity index is 1.28. The fourth-order valence-corrected chi connectivity index (χ4v) is 7.95. The molecule has 0 unspecified atom stereocenters. The van der Waals surface area contributed by atoms with Gasteiger partial charge in [-0.15, -0.1) is 0 Å². The third-order valence-electron chi connectivity index (χ3n) is 10.1. The minimum Gasteiger partial charge on any atom is -0.395 e. The average Bonchev–Trinajstić information content (AvgIpc) is 3.48. The average molecular weight is 640 g/mol. The molecule has 3 aliphatic rings. The summed E-state index contributed by atoms with van der Waals surface area (Å²) in [6.07, 6.45) is 1.68. The van der Waals surface area contributed by atoms with Crippen molar-refractivity contribution in [3.63, 3.8) is 0 Å². The van der Waals surface area contributed by atoms with Gasteiger partial charge in [0.1, 0.15) is 0 Å². The van der Waals surface area contributed by atoms with E-state index in [2.05, 4.69) is 0 Å². The molecule has 3 amide bonds. The number of piperidine rings is 1. The molecular formula is C38H45N3O6. The molecule has 0 radical (unpaired) electrons. The van der Waals surface area contributed by atoms with E-state index in [1.54, 1.807) is 23.6 Å². The van der Waals surface area contributed by atoms with Crippen LogP contribution < -0.4 is 9.80 Å².